The Morgan fingerprint density at radius 3 is 2.54 bits per heavy atom. The van der Waals surface area contributed by atoms with Crippen LogP contribution in [0, 0.1) is 13.8 Å². The number of fused-ring (bicyclic) bond motifs is 1. The lowest BCUT2D eigenvalue weighted by Gasteiger charge is -2.06. The summed E-state index contributed by atoms with van der Waals surface area (Å²) < 4.78 is 11.1. The largest absolute Gasteiger partial charge is 0.453 e. The summed E-state index contributed by atoms with van der Waals surface area (Å²) in [5.74, 6) is 0.967. The number of carbonyl (C=O) groups is 1. The van der Waals surface area contributed by atoms with Crippen LogP contribution in [0.5, 0.6) is 0 Å². The third kappa shape index (κ3) is 3.37. The number of carbonyl (C=O) groups excluding carboxylic acids is 1. The monoisotopic (exact) mass is 346 g/mol. The number of benzene rings is 2. The standard InChI is InChI=1S/C21H18N2O3/c1-13-7-14(2)9-16(8-13)22-21(24)12-17-11-20(26-23-17)19-10-15-5-3-4-6-18(15)25-19/h3-11H,12H2,1-2H3,(H,22,24). The van der Waals surface area contributed by atoms with Gasteiger partial charge in [0.25, 0.3) is 0 Å². The van der Waals surface area contributed by atoms with Crippen LogP contribution >= 0.6 is 0 Å². The van der Waals surface area contributed by atoms with Crippen molar-refractivity contribution in [3.8, 4) is 11.5 Å². The summed E-state index contributed by atoms with van der Waals surface area (Å²) in [4.78, 5) is 12.3. The van der Waals surface area contributed by atoms with Crippen molar-refractivity contribution in [3.63, 3.8) is 0 Å². The Hall–Kier alpha value is -3.34. The molecule has 26 heavy (non-hydrogen) atoms. The van der Waals surface area contributed by atoms with Crippen molar-refractivity contribution in [2.24, 2.45) is 0 Å². The van der Waals surface area contributed by atoms with Crippen LogP contribution in [0.15, 0.2) is 63.5 Å². The van der Waals surface area contributed by atoms with Gasteiger partial charge in [0.2, 0.25) is 11.7 Å². The number of rotatable bonds is 4. The van der Waals surface area contributed by atoms with Gasteiger partial charge in [-0.15, -0.1) is 0 Å². The van der Waals surface area contributed by atoms with E-state index in [9.17, 15) is 4.79 Å². The van der Waals surface area contributed by atoms with E-state index in [4.69, 9.17) is 8.94 Å². The summed E-state index contributed by atoms with van der Waals surface area (Å²) in [5, 5.41) is 7.88. The summed E-state index contributed by atoms with van der Waals surface area (Å²) in [6.07, 6.45) is 0.136. The fourth-order valence-corrected chi connectivity index (χ4v) is 3.03. The van der Waals surface area contributed by atoms with Gasteiger partial charge in [-0.3, -0.25) is 4.79 Å². The molecule has 4 rings (SSSR count). The number of hydrogen-bond acceptors (Lipinski definition) is 4. The van der Waals surface area contributed by atoms with Crippen molar-refractivity contribution in [2.75, 3.05) is 5.32 Å². The zero-order valence-electron chi connectivity index (χ0n) is 14.6. The first-order chi connectivity index (χ1) is 12.6. The molecule has 1 amide bonds. The second-order valence-corrected chi connectivity index (χ2v) is 6.43. The van der Waals surface area contributed by atoms with Crippen LogP contribution in [0.25, 0.3) is 22.5 Å². The van der Waals surface area contributed by atoms with E-state index >= 15 is 0 Å². The molecule has 2 aromatic heterocycles. The minimum Gasteiger partial charge on any atom is -0.453 e. The maximum Gasteiger partial charge on any atom is 0.230 e. The number of aromatic nitrogens is 1. The minimum atomic E-state index is -0.139. The Kier molecular flexibility index (Phi) is 4.05. The van der Waals surface area contributed by atoms with Gasteiger partial charge in [-0.05, 0) is 49.2 Å². The molecule has 130 valence electrons. The van der Waals surface area contributed by atoms with Gasteiger partial charge in [0.1, 0.15) is 5.58 Å². The average Bonchev–Trinajstić information content (AvgIpc) is 3.19. The Labute approximate surface area is 150 Å². The number of aryl methyl sites for hydroxylation is 2. The molecular formula is C21H18N2O3. The normalized spacial score (nSPS) is 11.0. The molecule has 0 atom stereocenters. The molecule has 1 N–H and O–H groups in total. The van der Waals surface area contributed by atoms with E-state index in [0.717, 1.165) is 27.8 Å². The van der Waals surface area contributed by atoms with Gasteiger partial charge in [-0.1, -0.05) is 29.4 Å². The molecule has 2 heterocycles. The number of furan rings is 1. The second-order valence-electron chi connectivity index (χ2n) is 6.43. The maximum absolute atomic E-state index is 12.3. The smallest absolute Gasteiger partial charge is 0.230 e. The Morgan fingerprint density at radius 2 is 1.77 bits per heavy atom. The van der Waals surface area contributed by atoms with Crippen molar-refractivity contribution in [1.82, 2.24) is 5.16 Å². The molecular weight excluding hydrogens is 328 g/mol. The van der Waals surface area contributed by atoms with Crippen molar-refractivity contribution in [3.05, 3.63) is 71.4 Å². The molecule has 2 aromatic carbocycles. The SMILES string of the molecule is Cc1cc(C)cc(NC(=O)Cc2cc(-c3cc4ccccc4o3)on2)c1. The molecule has 0 unspecified atom stereocenters. The molecule has 0 fully saturated rings. The molecule has 0 radical (unpaired) electrons. The zero-order valence-corrected chi connectivity index (χ0v) is 14.6. The number of nitrogens with zero attached hydrogens (tertiary/aromatic N) is 1. The molecule has 0 aliphatic rings. The van der Waals surface area contributed by atoms with E-state index in [1.54, 1.807) is 6.07 Å². The van der Waals surface area contributed by atoms with Gasteiger partial charge in [0.05, 0.1) is 12.1 Å². The van der Waals surface area contributed by atoms with Crippen LogP contribution in [0.1, 0.15) is 16.8 Å². The van der Waals surface area contributed by atoms with Crippen LogP contribution in [0.2, 0.25) is 0 Å². The number of para-hydroxylation sites is 1. The summed E-state index contributed by atoms with van der Waals surface area (Å²) in [5.41, 5.74) is 4.34. The second kappa shape index (κ2) is 6.52. The van der Waals surface area contributed by atoms with Gasteiger partial charge in [-0.25, -0.2) is 0 Å². The van der Waals surface area contributed by atoms with E-state index in [1.165, 1.54) is 0 Å². The summed E-state index contributed by atoms with van der Waals surface area (Å²) in [6.45, 7) is 4.00. The van der Waals surface area contributed by atoms with Crippen LogP contribution in [-0.2, 0) is 11.2 Å². The predicted molar refractivity (Wildman–Crippen MR) is 100.0 cm³/mol. The molecule has 0 aliphatic heterocycles. The fourth-order valence-electron chi connectivity index (χ4n) is 3.03. The highest BCUT2D eigenvalue weighted by molar-refractivity contribution is 5.92. The van der Waals surface area contributed by atoms with Gasteiger partial charge in [0.15, 0.2) is 5.76 Å². The van der Waals surface area contributed by atoms with Crippen LogP contribution in [0.4, 0.5) is 5.69 Å². The van der Waals surface area contributed by atoms with Gasteiger partial charge < -0.3 is 14.3 Å². The molecule has 0 saturated heterocycles. The van der Waals surface area contributed by atoms with Crippen LogP contribution in [-0.4, -0.2) is 11.1 Å². The first-order valence-corrected chi connectivity index (χ1v) is 8.39. The van der Waals surface area contributed by atoms with E-state index in [-0.39, 0.29) is 12.3 Å². The van der Waals surface area contributed by atoms with Gasteiger partial charge in [-0.2, -0.15) is 0 Å². The van der Waals surface area contributed by atoms with Crippen molar-refractivity contribution >= 4 is 22.6 Å². The molecule has 5 nitrogen and oxygen atoms in total. The maximum atomic E-state index is 12.3. The lowest BCUT2D eigenvalue weighted by atomic mass is 10.1. The fraction of sp³-hybridized carbons (Fsp3) is 0.143. The van der Waals surface area contributed by atoms with Crippen molar-refractivity contribution < 1.29 is 13.7 Å². The highest BCUT2D eigenvalue weighted by Gasteiger charge is 2.14. The Balaban J connectivity index is 1.48. The molecule has 0 aliphatic carbocycles. The van der Waals surface area contributed by atoms with E-state index < -0.39 is 0 Å². The highest BCUT2D eigenvalue weighted by atomic mass is 16.5. The number of hydrogen-bond donors (Lipinski definition) is 1. The van der Waals surface area contributed by atoms with Gasteiger partial charge in [0, 0.05) is 17.1 Å². The van der Waals surface area contributed by atoms with Crippen LogP contribution in [0.3, 0.4) is 0 Å². The third-order valence-electron chi connectivity index (χ3n) is 4.07. The molecule has 5 heteroatoms. The first kappa shape index (κ1) is 16.1. The van der Waals surface area contributed by atoms with Crippen molar-refractivity contribution in [1.29, 1.82) is 0 Å². The lowest BCUT2D eigenvalue weighted by molar-refractivity contribution is -0.115. The third-order valence-corrected chi connectivity index (χ3v) is 4.07. The predicted octanol–water partition coefficient (Wildman–Crippen LogP) is 4.89. The first-order valence-electron chi connectivity index (χ1n) is 8.39. The number of amides is 1. The summed E-state index contributed by atoms with van der Waals surface area (Å²) in [6, 6.07) is 17.3. The van der Waals surface area contributed by atoms with Crippen LogP contribution < -0.4 is 5.32 Å². The zero-order chi connectivity index (χ0) is 18.1. The molecule has 0 saturated carbocycles. The Morgan fingerprint density at radius 1 is 1.00 bits per heavy atom. The summed E-state index contributed by atoms with van der Waals surface area (Å²) in [7, 11) is 0. The lowest BCUT2D eigenvalue weighted by Crippen LogP contribution is -2.14. The quantitative estimate of drug-likeness (QED) is 0.571. The Bertz CT molecular complexity index is 1040. The molecule has 0 bridgehead atoms. The number of anilines is 1. The summed E-state index contributed by atoms with van der Waals surface area (Å²) >= 11 is 0. The molecule has 0 spiro atoms. The topological polar surface area (TPSA) is 68.3 Å². The van der Waals surface area contributed by atoms with E-state index in [2.05, 4.69) is 16.5 Å². The highest BCUT2D eigenvalue weighted by Crippen LogP contribution is 2.28. The van der Waals surface area contributed by atoms with Gasteiger partial charge >= 0.3 is 0 Å². The van der Waals surface area contributed by atoms with E-state index in [1.807, 2.05) is 56.3 Å². The van der Waals surface area contributed by atoms with E-state index in [0.29, 0.717) is 17.2 Å². The average molecular weight is 346 g/mol. The molecule has 4 aromatic rings. The minimum absolute atomic E-state index is 0.136. The van der Waals surface area contributed by atoms with Crippen molar-refractivity contribution in [2.45, 2.75) is 20.3 Å². The number of nitrogens with one attached hydrogen (secondary N) is 1.